The highest BCUT2D eigenvalue weighted by Gasteiger charge is 2.22. The van der Waals surface area contributed by atoms with Crippen LogP contribution in [0.4, 0.5) is 17.1 Å². The van der Waals surface area contributed by atoms with Gasteiger partial charge in [0.1, 0.15) is 0 Å². The lowest BCUT2D eigenvalue weighted by molar-refractivity contribution is -0.115. The zero-order chi connectivity index (χ0) is 14.9. The summed E-state index contributed by atoms with van der Waals surface area (Å²) in [6.45, 7) is 10.8. The highest BCUT2D eigenvalue weighted by atomic mass is 16.1. The highest BCUT2D eigenvalue weighted by Crippen LogP contribution is 2.34. The SMILES string of the molecule is CC(C)CN(CC(C)C)c1cc2c(cc1N)CC(=O)N2. The minimum atomic E-state index is 0.0517. The maximum atomic E-state index is 11.5. The molecule has 1 aliphatic heterocycles. The van der Waals surface area contributed by atoms with E-state index in [2.05, 4.69) is 37.9 Å². The maximum Gasteiger partial charge on any atom is 0.228 e. The molecule has 1 aliphatic rings. The number of nitrogens with two attached hydrogens (primary N) is 1. The summed E-state index contributed by atoms with van der Waals surface area (Å²) < 4.78 is 0. The summed E-state index contributed by atoms with van der Waals surface area (Å²) in [5.41, 5.74) is 9.93. The minimum absolute atomic E-state index is 0.0517. The second kappa shape index (κ2) is 5.73. The number of benzene rings is 1. The summed E-state index contributed by atoms with van der Waals surface area (Å²) in [6.07, 6.45) is 0.439. The van der Waals surface area contributed by atoms with E-state index in [1.807, 2.05) is 12.1 Å². The second-order valence-corrected chi connectivity index (χ2v) is 6.49. The molecule has 0 bridgehead atoms. The first-order valence-corrected chi connectivity index (χ1v) is 7.34. The monoisotopic (exact) mass is 275 g/mol. The molecule has 1 aromatic rings. The Hall–Kier alpha value is -1.71. The summed E-state index contributed by atoms with van der Waals surface area (Å²) in [5, 5.41) is 2.91. The van der Waals surface area contributed by atoms with E-state index in [9.17, 15) is 4.79 Å². The van der Waals surface area contributed by atoms with Crippen molar-refractivity contribution in [3.63, 3.8) is 0 Å². The van der Waals surface area contributed by atoms with Crippen LogP contribution < -0.4 is 16.0 Å². The van der Waals surface area contributed by atoms with Gasteiger partial charge in [-0.1, -0.05) is 27.7 Å². The molecule has 1 heterocycles. The Kier molecular flexibility index (Phi) is 4.21. The molecule has 3 N–H and O–H groups in total. The number of fused-ring (bicyclic) bond motifs is 1. The van der Waals surface area contributed by atoms with Gasteiger partial charge in [0.25, 0.3) is 0 Å². The van der Waals surface area contributed by atoms with Crippen LogP contribution in [0.25, 0.3) is 0 Å². The van der Waals surface area contributed by atoms with Gasteiger partial charge in [0.05, 0.1) is 17.8 Å². The number of carbonyl (C=O) groups excluding carboxylic acids is 1. The lowest BCUT2D eigenvalue weighted by Crippen LogP contribution is -2.32. The van der Waals surface area contributed by atoms with Crippen LogP contribution in [0.2, 0.25) is 0 Å². The number of nitrogens with zero attached hydrogens (tertiary/aromatic N) is 1. The fourth-order valence-corrected chi connectivity index (χ4v) is 2.71. The van der Waals surface area contributed by atoms with E-state index in [1.54, 1.807) is 0 Å². The average molecular weight is 275 g/mol. The molecule has 1 aromatic carbocycles. The van der Waals surface area contributed by atoms with Gasteiger partial charge < -0.3 is 16.0 Å². The third-order valence-corrected chi connectivity index (χ3v) is 3.39. The molecule has 20 heavy (non-hydrogen) atoms. The van der Waals surface area contributed by atoms with Gasteiger partial charge in [0, 0.05) is 18.8 Å². The van der Waals surface area contributed by atoms with E-state index in [-0.39, 0.29) is 5.91 Å². The Bertz CT molecular complexity index is 499. The van der Waals surface area contributed by atoms with Gasteiger partial charge in [0.2, 0.25) is 5.91 Å². The fraction of sp³-hybridized carbons (Fsp3) is 0.562. The molecule has 0 fully saturated rings. The molecule has 2 rings (SSSR count). The van der Waals surface area contributed by atoms with E-state index >= 15 is 0 Å². The van der Waals surface area contributed by atoms with Gasteiger partial charge >= 0.3 is 0 Å². The molecular weight excluding hydrogens is 250 g/mol. The second-order valence-electron chi connectivity index (χ2n) is 6.49. The van der Waals surface area contributed by atoms with Crippen LogP contribution >= 0.6 is 0 Å². The van der Waals surface area contributed by atoms with Gasteiger partial charge in [-0.05, 0) is 29.5 Å². The van der Waals surface area contributed by atoms with Gasteiger partial charge in [0.15, 0.2) is 0 Å². The van der Waals surface area contributed by atoms with E-state index in [0.29, 0.717) is 18.3 Å². The van der Waals surface area contributed by atoms with Crippen LogP contribution in [0.5, 0.6) is 0 Å². The molecule has 0 aliphatic carbocycles. The molecule has 0 aromatic heterocycles. The first-order valence-electron chi connectivity index (χ1n) is 7.34. The molecule has 110 valence electrons. The molecule has 4 nitrogen and oxygen atoms in total. The largest absolute Gasteiger partial charge is 0.397 e. The van der Waals surface area contributed by atoms with Crippen molar-refractivity contribution in [2.75, 3.05) is 29.0 Å². The summed E-state index contributed by atoms with van der Waals surface area (Å²) in [6, 6.07) is 3.97. The van der Waals surface area contributed by atoms with Gasteiger partial charge in [-0.15, -0.1) is 0 Å². The van der Waals surface area contributed by atoms with Crippen molar-refractivity contribution in [1.29, 1.82) is 0 Å². The molecule has 0 radical (unpaired) electrons. The van der Waals surface area contributed by atoms with Crippen molar-refractivity contribution < 1.29 is 4.79 Å². The van der Waals surface area contributed by atoms with Crippen molar-refractivity contribution >= 4 is 23.0 Å². The Morgan fingerprint density at radius 3 is 2.35 bits per heavy atom. The number of carbonyl (C=O) groups is 1. The normalized spacial score (nSPS) is 13.8. The molecule has 0 saturated carbocycles. The van der Waals surface area contributed by atoms with Crippen molar-refractivity contribution in [3.05, 3.63) is 17.7 Å². The summed E-state index contributed by atoms with van der Waals surface area (Å²) in [7, 11) is 0. The molecule has 4 heteroatoms. The first kappa shape index (κ1) is 14.7. The number of amides is 1. The van der Waals surface area contributed by atoms with Gasteiger partial charge in [-0.25, -0.2) is 0 Å². The third kappa shape index (κ3) is 3.24. The third-order valence-electron chi connectivity index (χ3n) is 3.39. The summed E-state index contributed by atoms with van der Waals surface area (Å²) in [5.74, 6) is 1.18. The number of nitrogen functional groups attached to an aromatic ring is 1. The predicted molar refractivity (Wildman–Crippen MR) is 85.1 cm³/mol. The summed E-state index contributed by atoms with van der Waals surface area (Å²) >= 11 is 0. The van der Waals surface area contributed by atoms with Gasteiger partial charge in [-0.2, -0.15) is 0 Å². The predicted octanol–water partition coefficient (Wildman–Crippen LogP) is 2.88. The van der Waals surface area contributed by atoms with Crippen molar-refractivity contribution in [2.24, 2.45) is 11.8 Å². The van der Waals surface area contributed by atoms with Crippen LogP contribution in [0.1, 0.15) is 33.3 Å². The van der Waals surface area contributed by atoms with Crippen LogP contribution in [0.15, 0.2) is 12.1 Å². The molecule has 0 unspecified atom stereocenters. The van der Waals surface area contributed by atoms with E-state index in [0.717, 1.165) is 35.7 Å². The zero-order valence-corrected chi connectivity index (χ0v) is 12.9. The van der Waals surface area contributed by atoms with E-state index in [4.69, 9.17) is 5.73 Å². The van der Waals surface area contributed by atoms with E-state index in [1.165, 1.54) is 0 Å². The van der Waals surface area contributed by atoms with Gasteiger partial charge in [-0.3, -0.25) is 4.79 Å². The Labute approximate surface area is 121 Å². The highest BCUT2D eigenvalue weighted by molar-refractivity contribution is 6.00. The number of nitrogens with one attached hydrogen (secondary N) is 1. The van der Waals surface area contributed by atoms with Crippen molar-refractivity contribution in [1.82, 2.24) is 0 Å². The Balaban J connectivity index is 2.33. The lowest BCUT2D eigenvalue weighted by Gasteiger charge is -2.30. The zero-order valence-electron chi connectivity index (χ0n) is 12.9. The Morgan fingerprint density at radius 2 is 1.80 bits per heavy atom. The lowest BCUT2D eigenvalue weighted by atomic mass is 10.1. The molecule has 0 saturated heterocycles. The average Bonchev–Trinajstić information content (AvgIpc) is 2.65. The molecule has 1 amide bonds. The number of hydrogen-bond donors (Lipinski definition) is 2. The minimum Gasteiger partial charge on any atom is -0.397 e. The molecule has 0 atom stereocenters. The van der Waals surface area contributed by atoms with Crippen molar-refractivity contribution in [3.8, 4) is 0 Å². The topological polar surface area (TPSA) is 58.4 Å². The molecule has 0 spiro atoms. The van der Waals surface area contributed by atoms with Crippen LogP contribution in [0.3, 0.4) is 0 Å². The Morgan fingerprint density at radius 1 is 1.20 bits per heavy atom. The maximum absolute atomic E-state index is 11.5. The first-order chi connectivity index (χ1) is 9.36. The summed E-state index contributed by atoms with van der Waals surface area (Å²) in [4.78, 5) is 13.8. The standard InChI is InChI=1S/C16H25N3O/c1-10(2)8-19(9-11(3)4)15-7-14-12(5-13(15)17)6-16(20)18-14/h5,7,10-11H,6,8-9,17H2,1-4H3,(H,18,20). The van der Waals surface area contributed by atoms with E-state index < -0.39 is 0 Å². The van der Waals surface area contributed by atoms with Crippen molar-refractivity contribution in [2.45, 2.75) is 34.1 Å². The molecular formula is C16H25N3O. The van der Waals surface area contributed by atoms with Crippen LogP contribution in [-0.4, -0.2) is 19.0 Å². The smallest absolute Gasteiger partial charge is 0.228 e. The number of rotatable bonds is 5. The number of anilines is 3. The quantitative estimate of drug-likeness (QED) is 0.812. The fourth-order valence-electron chi connectivity index (χ4n) is 2.71. The van der Waals surface area contributed by atoms with Crippen LogP contribution in [-0.2, 0) is 11.2 Å². The van der Waals surface area contributed by atoms with Crippen LogP contribution in [0, 0.1) is 11.8 Å². The number of hydrogen-bond acceptors (Lipinski definition) is 3.